The number of aliphatic hydroxyl groups excluding tert-OH is 1. The van der Waals surface area contributed by atoms with Gasteiger partial charge in [0.1, 0.15) is 17.8 Å². The highest BCUT2D eigenvalue weighted by Crippen LogP contribution is 2.53. The van der Waals surface area contributed by atoms with Gasteiger partial charge in [-0.2, -0.15) is 0 Å². The van der Waals surface area contributed by atoms with Crippen LogP contribution < -0.4 is 15.4 Å². The maximum absolute atomic E-state index is 15.0. The molecule has 0 aromatic heterocycles. The monoisotopic (exact) mass is 422 g/mol. The van der Waals surface area contributed by atoms with E-state index in [0.29, 0.717) is 16.3 Å². The Kier molecular flexibility index (Phi) is 4.92. The van der Waals surface area contributed by atoms with Gasteiger partial charge < -0.3 is 20.5 Å². The Hall–Kier alpha value is -2.71. The van der Waals surface area contributed by atoms with Gasteiger partial charge >= 0.3 is 0 Å². The van der Waals surface area contributed by atoms with Crippen molar-refractivity contribution in [2.24, 2.45) is 0 Å². The Morgan fingerprint density at radius 1 is 1.24 bits per heavy atom. The second kappa shape index (κ2) is 7.27. The first-order valence-electron chi connectivity index (χ1n) is 9.01. The minimum Gasteiger partial charge on any atom is -0.491 e. The fourth-order valence-electron chi connectivity index (χ4n) is 4.13. The van der Waals surface area contributed by atoms with Crippen LogP contribution in [0.25, 0.3) is 0 Å². The average Bonchev–Trinajstić information content (AvgIpc) is 2.96. The summed E-state index contributed by atoms with van der Waals surface area (Å²) in [6.45, 7) is -0.507. The lowest BCUT2D eigenvalue weighted by Crippen LogP contribution is -2.53. The number of amides is 2. The molecular weight excluding hydrogens is 406 g/mol. The van der Waals surface area contributed by atoms with Gasteiger partial charge in [-0.25, -0.2) is 8.78 Å². The van der Waals surface area contributed by atoms with E-state index in [0.717, 1.165) is 6.07 Å². The molecule has 0 bridgehead atoms. The number of benzene rings is 2. The summed E-state index contributed by atoms with van der Waals surface area (Å²) >= 11 is 6.03. The highest BCUT2D eigenvalue weighted by Gasteiger charge is 2.56. The summed E-state index contributed by atoms with van der Waals surface area (Å²) in [5.74, 6) is -3.26. The summed E-state index contributed by atoms with van der Waals surface area (Å²) in [7, 11) is 0. The standard InChI is InChI=1S/C20H17ClF2N2O4/c21-10-1-2-11-13(9-10)24-19(28)20(11)6-5-15(27)25-18(20)16-14(29-8-7-26)4-3-12(22)17(16)23/h1-4,9,18,26H,5-8H2,(H,24,28)(H,25,27)/t18-,20-/m1/s1. The second-order valence-corrected chi connectivity index (χ2v) is 7.40. The van der Waals surface area contributed by atoms with Crippen LogP contribution in [0, 0.1) is 11.6 Å². The Morgan fingerprint density at radius 2 is 2.03 bits per heavy atom. The van der Waals surface area contributed by atoms with Gasteiger partial charge in [-0.1, -0.05) is 17.7 Å². The van der Waals surface area contributed by atoms with Crippen LogP contribution in [-0.4, -0.2) is 30.1 Å². The number of carbonyl (C=O) groups excluding carboxylic acids is 2. The smallest absolute Gasteiger partial charge is 0.237 e. The molecule has 6 nitrogen and oxygen atoms in total. The molecule has 3 N–H and O–H groups in total. The van der Waals surface area contributed by atoms with Gasteiger partial charge in [0, 0.05) is 17.1 Å². The molecule has 1 spiro atoms. The summed E-state index contributed by atoms with van der Waals surface area (Å²) in [5, 5.41) is 14.9. The Balaban J connectivity index is 1.94. The van der Waals surface area contributed by atoms with E-state index >= 15 is 0 Å². The van der Waals surface area contributed by atoms with Crippen LogP contribution in [-0.2, 0) is 15.0 Å². The fraction of sp³-hybridized carbons (Fsp3) is 0.300. The van der Waals surface area contributed by atoms with Crippen LogP contribution in [0.4, 0.5) is 14.5 Å². The van der Waals surface area contributed by atoms with Crippen LogP contribution >= 0.6 is 11.6 Å². The lowest BCUT2D eigenvalue weighted by molar-refractivity contribution is -0.130. The Labute approximate surface area is 169 Å². The number of piperidine rings is 1. The second-order valence-electron chi connectivity index (χ2n) is 6.96. The van der Waals surface area contributed by atoms with Crippen molar-refractivity contribution in [3.05, 3.63) is 58.1 Å². The molecule has 4 rings (SSSR count). The lowest BCUT2D eigenvalue weighted by atomic mass is 9.67. The van der Waals surface area contributed by atoms with Gasteiger partial charge in [0.2, 0.25) is 11.8 Å². The highest BCUT2D eigenvalue weighted by atomic mass is 35.5. The van der Waals surface area contributed by atoms with Crippen molar-refractivity contribution in [3.8, 4) is 5.75 Å². The zero-order valence-electron chi connectivity index (χ0n) is 15.1. The molecule has 29 heavy (non-hydrogen) atoms. The van der Waals surface area contributed by atoms with Crippen LogP contribution in [0.1, 0.15) is 30.0 Å². The first-order chi connectivity index (χ1) is 13.9. The van der Waals surface area contributed by atoms with E-state index in [-0.39, 0.29) is 37.4 Å². The molecular formula is C20H17ClF2N2O4. The number of carbonyl (C=O) groups is 2. The SMILES string of the molecule is O=C1CC[C@]2(C(=O)Nc3cc(Cl)ccc32)[C@@H](c2c(OCCO)ccc(F)c2F)N1. The van der Waals surface area contributed by atoms with Gasteiger partial charge in [-0.05, 0) is 36.2 Å². The van der Waals surface area contributed by atoms with E-state index in [1.165, 1.54) is 6.07 Å². The van der Waals surface area contributed by atoms with Crippen LogP contribution in [0.2, 0.25) is 5.02 Å². The number of anilines is 1. The number of aliphatic hydroxyl groups is 1. The molecule has 2 aliphatic rings. The fourth-order valence-corrected chi connectivity index (χ4v) is 4.30. The molecule has 2 heterocycles. The van der Waals surface area contributed by atoms with Crippen molar-refractivity contribution in [1.82, 2.24) is 5.32 Å². The quantitative estimate of drug-likeness (QED) is 0.707. The van der Waals surface area contributed by atoms with Gasteiger partial charge in [0.05, 0.1) is 18.2 Å². The molecule has 0 aliphatic carbocycles. The third-order valence-electron chi connectivity index (χ3n) is 5.39. The number of rotatable bonds is 4. The molecule has 0 radical (unpaired) electrons. The largest absolute Gasteiger partial charge is 0.491 e. The van der Waals surface area contributed by atoms with Crippen LogP contribution in [0.15, 0.2) is 30.3 Å². The van der Waals surface area contributed by atoms with Crippen LogP contribution in [0.5, 0.6) is 5.75 Å². The summed E-state index contributed by atoms with van der Waals surface area (Å²) in [6, 6.07) is 5.71. The number of hydrogen-bond acceptors (Lipinski definition) is 4. The van der Waals surface area contributed by atoms with E-state index < -0.39 is 34.9 Å². The molecule has 2 amide bonds. The van der Waals surface area contributed by atoms with E-state index in [2.05, 4.69) is 10.6 Å². The summed E-state index contributed by atoms with van der Waals surface area (Å²) in [6.07, 6.45) is 0.134. The molecule has 0 saturated carbocycles. The van der Waals surface area contributed by atoms with Crippen molar-refractivity contribution >= 4 is 29.1 Å². The minimum atomic E-state index is -1.36. The number of hydrogen-bond donors (Lipinski definition) is 3. The molecule has 2 aromatic rings. The van der Waals surface area contributed by atoms with Crippen LogP contribution in [0.3, 0.4) is 0 Å². The number of halogens is 3. The van der Waals surface area contributed by atoms with Crippen molar-refractivity contribution in [3.63, 3.8) is 0 Å². The zero-order chi connectivity index (χ0) is 20.8. The number of ether oxygens (including phenoxy) is 1. The third-order valence-corrected chi connectivity index (χ3v) is 5.63. The number of fused-ring (bicyclic) bond motifs is 2. The van der Waals surface area contributed by atoms with Gasteiger partial charge in [-0.15, -0.1) is 0 Å². The molecule has 1 fully saturated rings. The van der Waals surface area contributed by atoms with Crippen molar-refractivity contribution in [1.29, 1.82) is 0 Å². The van der Waals surface area contributed by atoms with Gasteiger partial charge in [-0.3, -0.25) is 9.59 Å². The normalized spacial score (nSPS) is 23.0. The molecule has 152 valence electrons. The van der Waals surface area contributed by atoms with Crippen molar-refractivity contribution in [2.45, 2.75) is 24.3 Å². The summed E-state index contributed by atoms with van der Waals surface area (Å²) in [4.78, 5) is 25.3. The number of nitrogens with one attached hydrogen (secondary N) is 2. The van der Waals surface area contributed by atoms with E-state index in [1.807, 2.05) is 0 Å². The Bertz CT molecular complexity index is 1020. The maximum Gasteiger partial charge on any atom is 0.237 e. The molecule has 2 atom stereocenters. The summed E-state index contributed by atoms with van der Waals surface area (Å²) in [5.41, 5.74) is -0.642. The van der Waals surface area contributed by atoms with Crippen molar-refractivity contribution in [2.75, 3.05) is 18.5 Å². The van der Waals surface area contributed by atoms with E-state index in [4.69, 9.17) is 21.4 Å². The molecule has 0 unspecified atom stereocenters. The average molecular weight is 423 g/mol. The molecule has 2 aromatic carbocycles. The first-order valence-corrected chi connectivity index (χ1v) is 9.38. The summed E-state index contributed by atoms with van der Waals surface area (Å²) < 4.78 is 34.5. The third kappa shape index (κ3) is 3.03. The molecule has 2 aliphatic heterocycles. The first kappa shape index (κ1) is 19.6. The predicted molar refractivity (Wildman–Crippen MR) is 101 cm³/mol. The highest BCUT2D eigenvalue weighted by molar-refractivity contribution is 6.31. The van der Waals surface area contributed by atoms with Gasteiger partial charge in [0.25, 0.3) is 0 Å². The van der Waals surface area contributed by atoms with E-state index in [1.54, 1.807) is 18.2 Å². The molecule has 1 saturated heterocycles. The van der Waals surface area contributed by atoms with E-state index in [9.17, 15) is 18.4 Å². The molecule has 9 heteroatoms. The van der Waals surface area contributed by atoms with Gasteiger partial charge in [0.15, 0.2) is 11.6 Å². The zero-order valence-corrected chi connectivity index (χ0v) is 15.9. The minimum absolute atomic E-state index is 0.0375. The topological polar surface area (TPSA) is 87.7 Å². The lowest BCUT2D eigenvalue weighted by Gasteiger charge is -2.40. The predicted octanol–water partition coefficient (Wildman–Crippen LogP) is 2.83. The Morgan fingerprint density at radius 3 is 2.79 bits per heavy atom. The maximum atomic E-state index is 15.0. The van der Waals surface area contributed by atoms with Crippen molar-refractivity contribution < 1.29 is 28.2 Å².